The van der Waals surface area contributed by atoms with Crippen molar-refractivity contribution in [3.63, 3.8) is 0 Å². The summed E-state index contributed by atoms with van der Waals surface area (Å²) in [7, 11) is 0. The van der Waals surface area contributed by atoms with Gasteiger partial charge in [-0.25, -0.2) is 14.6 Å². The molecule has 12 heteroatoms. The summed E-state index contributed by atoms with van der Waals surface area (Å²) in [5, 5.41) is 3.54. The van der Waals surface area contributed by atoms with Crippen LogP contribution in [0, 0.1) is 0 Å². The highest BCUT2D eigenvalue weighted by atomic mass is 35.5. The van der Waals surface area contributed by atoms with E-state index in [1.54, 1.807) is 45.0 Å². The molecule has 9 nitrogen and oxygen atoms in total. The first-order chi connectivity index (χ1) is 20.2. The Kier molecular flexibility index (Phi) is 8.67. The molecule has 1 aliphatic rings. The SMILES string of the molecule is CCOC(=O)C1=C(C)N=c2s/c(=C\c3oc(Nc4ccc(Cl)cc4)c(C(=O)OCC)c3Cl)c(=O)n2[C@@H]1c1ccccc1. The predicted octanol–water partition coefficient (Wildman–Crippen LogP) is 5.62. The van der Waals surface area contributed by atoms with E-state index >= 15 is 0 Å². The Morgan fingerprint density at radius 2 is 1.71 bits per heavy atom. The second kappa shape index (κ2) is 12.4. The maximum absolute atomic E-state index is 13.9. The number of carbonyl (C=O) groups excluding carboxylic acids is 2. The van der Waals surface area contributed by atoms with Gasteiger partial charge in [-0.05, 0) is 50.6 Å². The van der Waals surface area contributed by atoms with E-state index in [1.165, 1.54) is 10.6 Å². The standard InChI is InChI=1S/C30H25Cl2N3O6S/c1-4-39-28(37)22-16(3)33-30-35(25(22)17-9-7-6-8-10-17)27(36)21(42-30)15-20-24(32)23(29(38)40-5-2)26(41-20)34-19-13-11-18(31)12-14-19/h6-15,25,34H,4-5H2,1-3H3/b21-15-/t25-/m1/s1. The number of thiazole rings is 1. The van der Waals surface area contributed by atoms with Gasteiger partial charge in [0, 0.05) is 16.8 Å². The van der Waals surface area contributed by atoms with Crippen molar-refractivity contribution in [2.45, 2.75) is 26.8 Å². The Labute approximate surface area is 254 Å². The van der Waals surface area contributed by atoms with Crippen LogP contribution < -0.4 is 20.2 Å². The number of rotatable bonds is 8. The molecule has 5 rings (SSSR count). The van der Waals surface area contributed by atoms with Crippen LogP contribution in [0.15, 0.2) is 80.1 Å². The number of fused-ring (bicyclic) bond motifs is 1. The summed E-state index contributed by atoms with van der Waals surface area (Å²) in [4.78, 5) is 44.7. The third kappa shape index (κ3) is 5.65. The van der Waals surface area contributed by atoms with Crippen LogP contribution in [0.2, 0.25) is 10.0 Å². The molecular formula is C30H25Cl2N3O6S. The topological polar surface area (TPSA) is 112 Å². The molecule has 1 aliphatic heterocycles. The Morgan fingerprint density at radius 1 is 1.05 bits per heavy atom. The number of furan rings is 1. The van der Waals surface area contributed by atoms with Gasteiger partial charge in [0.05, 0.1) is 35.1 Å². The lowest BCUT2D eigenvalue weighted by Gasteiger charge is -2.24. The summed E-state index contributed by atoms with van der Waals surface area (Å²) in [6.07, 6.45) is 1.45. The largest absolute Gasteiger partial charge is 0.463 e. The maximum atomic E-state index is 13.9. The molecule has 1 atom stereocenters. The van der Waals surface area contributed by atoms with Gasteiger partial charge in [-0.3, -0.25) is 9.36 Å². The summed E-state index contributed by atoms with van der Waals surface area (Å²) in [6.45, 7) is 5.40. The molecule has 0 radical (unpaired) electrons. The first-order valence-corrected chi connectivity index (χ1v) is 14.6. The predicted molar refractivity (Wildman–Crippen MR) is 161 cm³/mol. The van der Waals surface area contributed by atoms with E-state index in [2.05, 4.69) is 10.3 Å². The van der Waals surface area contributed by atoms with E-state index in [1.807, 2.05) is 30.3 Å². The van der Waals surface area contributed by atoms with E-state index in [0.717, 1.165) is 16.9 Å². The minimum absolute atomic E-state index is 0.0184. The van der Waals surface area contributed by atoms with Crippen LogP contribution in [0.1, 0.15) is 48.5 Å². The minimum Gasteiger partial charge on any atom is -0.463 e. The quantitative estimate of drug-likeness (QED) is 0.253. The minimum atomic E-state index is -0.757. The lowest BCUT2D eigenvalue weighted by molar-refractivity contribution is -0.139. The second-order valence-corrected chi connectivity index (χ2v) is 10.9. The Hall–Kier alpha value is -4.12. The third-order valence-electron chi connectivity index (χ3n) is 6.35. The molecule has 2 aromatic carbocycles. The molecule has 42 heavy (non-hydrogen) atoms. The smallest absolute Gasteiger partial charge is 0.345 e. The van der Waals surface area contributed by atoms with Crippen LogP contribution in [-0.4, -0.2) is 29.7 Å². The van der Waals surface area contributed by atoms with Gasteiger partial charge in [-0.15, -0.1) is 0 Å². The van der Waals surface area contributed by atoms with E-state index in [4.69, 9.17) is 37.1 Å². The molecule has 0 spiro atoms. The molecule has 0 saturated carbocycles. The lowest BCUT2D eigenvalue weighted by atomic mass is 9.96. The van der Waals surface area contributed by atoms with Crippen LogP contribution in [0.4, 0.5) is 11.6 Å². The van der Waals surface area contributed by atoms with Crippen LogP contribution in [-0.2, 0) is 14.3 Å². The number of anilines is 2. The van der Waals surface area contributed by atoms with Crippen molar-refractivity contribution in [1.82, 2.24) is 4.57 Å². The fraction of sp³-hybridized carbons (Fsp3) is 0.200. The van der Waals surface area contributed by atoms with Crippen molar-refractivity contribution in [2.24, 2.45) is 4.99 Å². The molecule has 0 unspecified atom stereocenters. The maximum Gasteiger partial charge on any atom is 0.345 e. The zero-order valence-electron chi connectivity index (χ0n) is 22.8. The zero-order valence-corrected chi connectivity index (χ0v) is 25.1. The normalized spacial score (nSPS) is 14.8. The summed E-state index contributed by atoms with van der Waals surface area (Å²) in [5.74, 6) is -1.13. The molecule has 0 bridgehead atoms. The number of nitrogens with zero attached hydrogens (tertiary/aromatic N) is 2. The number of ether oxygens (including phenoxy) is 2. The number of nitrogens with one attached hydrogen (secondary N) is 1. The molecule has 3 heterocycles. The summed E-state index contributed by atoms with van der Waals surface area (Å²) in [5.41, 5.74) is 1.60. The highest BCUT2D eigenvalue weighted by Crippen LogP contribution is 2.35. The molecule has 2 aromatic heterocycles. The number of allylic oxidation sites excluding steroid dienone is 1. The van der Waals surface area contributed by atoms with Gasteiger partial charge in [-0.2, -0.15) is 0 Å². The number of hydrogen-bond acceptors (Lipinski definition) is 9. The van der Waals surface area contributed by atoms with Crippen molar-refractivity contribution in [3.05, 3.63) is 112 Å². The number of benzene rings is 2. The van der Waals surface area contributed by atoms with Crippen molar-refractivity contribution in [3.8, 4) is 0 Å². The summed E-state index contributed by atoms with van der Waals surface area (Å²) in [6, 6.07) is 15.2. The fourth-order valence-corrected chi connectivity index (χ4v) is 5.92. The molecule has 0 aliphatic carbocycles. The molecule has 0 amide bonds. The van der Waals surface area contributed by atoms with Crippen molar-refractivity contribution in [1.29, 1.82) is 0 Å². The zero-order chi connectivity index (χ0) is 30.0. The number of halogens is 2. The molecule has 216 valence electrons. The van der Waals surface area contributed by atoms with E-state index in [9.17, 15) is 14.4 Å². The first kappa shape index (κ1) is 29.4. The van der Waals surface area contributed by atoms with Crippen LogP contribution in [0.5, 0.6) is 0 Å². The Balaban J connectivity index is 1.66. The van der Waals surface area contributed by atoms with Crippen molar-refractivity contribution >= 4 is 64.1 Å². The van der Waals surface area contributed by atoms with Crippen molar-refractivity contribution in [2.75, 3.05) is 18.5 Å². The van der Waals surface area contributed by atoms with Gasteiger partial charge in [0.1, 0.15) is 10.6 Å². The molecular weight excluding hydrogens is 601 g/mol. The number of carbonyl (C=O) groups is 2. The van der Waals surface area contributed by atoms with Gasteiger partial charge in [-0.1, -0.05) is 64.9 Å². The number of esters is 2. The monoisotopic (exact) mass is 625 g/mol. The average Bonchev–Trinajstić information content (AvgIpc) is 3.44. The van der Waals surface area contributed by atoms with Crippen LogP contribution in [0.25, 0.3) is 6.08 Å². The highest BCUT2D eigenvalue weighted by molar-refractivity contribution is 7.07. The van der Waals surface area contributed by atoms with Crippen LogP contribution >= 0.6 is 34.5 Å². The third-order valence-corrected chi connectivity index (χ3v) is 7.96. The summed E-state index contributed by atoms with van der Waals surface area (Å²) < 4.78 is 18.2. The Bertz CT molecular complexity index is 1870. The molecule has 0 fully saturated rings. The van der Waals surface area contributed by atoms with Gasteiger partial charge >= 0.3 is 11.9 Å². The van der Waals surface area contributed by atoms with E-state index < -0.39 is 23.5 Å². The molecule has 1 N–H and O–H groups in total. The lowest BCUT2D eigenvalue weighted by Crippen LogP contribution is -2.39. The summed E-state index contributed by atoms with van der Waals surface area (Å²) >= 11 is 13.7. The first-order valence-electron chi connectivity index (χ1n) is 13.0. The molecule has 4 aromatic rings. The second-order valence-electron chi connectivity index (χ2n) is 9.05. The van der Waals surface area contributed by atoms with E-state index in [-0.39, 0.29) is 45.5 Å². The van der Waals surface area contributed by atoms with Gasteiger partial charge in [0.25, 0.3) is 5.56 Å². The molecule has 0 saturated heterocycles. The Morgan fingerprint density at radius 3 is 2.38 bits per heavy atom. The van der Waals surface area contributed by atoms with Gasteiger partial charge in [0.15, 0.2) is 10.6 Å². The van der Waals surface area contributed by atoms with E-state index in [0.29, 0.717) is 21.2 Å². The average molecular weight is 627 g/mol. The van der Waals surface area contributed by atoms with Crippen LogP contribution in [0.3, 0.4) is 0 Å². The fourth-order valence-electron chi connectivity index (χ4n) is 4.52. The van der Waals surface area contributed by atoms with Gasteiger partial charge in [0.2, 0.25) is 5.88 Å². The number of aromatic nitrogens is 1. The highest BCUT2D eigenvalue weighted by Gasteiger charge is 2.33. The van der Waals surface area contributed by atoms with Crippen molar-refractivity contribution < 1.29 is 23.5 Å². The number of hydrogen-bond donors (Lipinski definition) is 1. The van der Waals surface area contributed by atoms with Gasteiger partial charge < -0.3 is 19.2 Å².